The van der Waals surface area contributed by atoms with E-state index in [-0.39, 0.29) is 25.1 Å². The second kappa shape index (κ2) is 5.44. The molecule has 2 heterocycles. The molecule has 0 aliphatic carbocycles. The van der Waals surface area contributed by atoms with Crippen LogP contribution in [0, 0.1) is 0 Å². The summed E-state index contributed by atoms with van der Waals surface area (Å²) >= 11 is 0. The molecule has 0 aromatic heterocycles. The van der Waals surface area contributed by atoms with Crippen molar-refractivity contribution >= 4 is 5.91 Å². The summed E-state index contributed by atoms with van der Waals surface area (Å²) in [4.78, 5) is 14.9. The van der Waals surface area contributed by atoms with Crippen molar-refractivity contribution in [1.29, 1.82) is 0 Å². The van der Waals surface area contributed by atoms with E-state index >= 15 is 0 Å². The zero-order valence-corrected chi connectivity index (χ0v) is 10.1. The van der Waals surface area contributed by atoms with Crippen LogP contribution in [0.25, 0.3) is 0 Å². The Morgan fingerprint density at radius 3 is 2.39 bits per heavy atom. The van der Waals surface area contributed by atoms with E-state index < -0.39 is 12.7 Å². The fourth-order valence-corrected chi connectivity index (χ4v) is 2.36. The van der Waals surface area contributed by atoms with Gasteiger partial charge in [-0.2, -0.15) is 13.2 Å². The molecule has 4 nitrogen and oxygen atoms in total. The maximum Gasteiger partial charge on any atom is 0.401 e. The fourth-order valence-electron chi connectivity index (χ4n) is 2.36. The third-order valence-corrected chi connectivity index (χ3v) is 3.29. The number of ether oxygens (including phenoxy) is 1. The monoisotopic (exact) mass is 266 g/mol. The van der Waals surface area contributed by atoms with Crippen LogP contribution >= 0.6 is 0 Å². The summed E-state index contributed by atoms with van der Waals surface area (Å²) in [6, 6.07) is 0. The third kappa shape index (κ3) is 3.58. The molecule has 0 unspecified atom stereocenters. The van der Waals surface area contributed by atoms with Crippen molar-refractivity contribution in [3.63, 3.8) is 0 Å². The minimum atomic E-state index is -4.17. The average molecular weight is 266 g/mol. The number of rotatable bonds is 2. The minimum absolute atomic E-state index is 0.0702. The highest BCUT2D eigenvalue weighted by molar-refractivity contribution is 5.81. The number of carbonyl (C=O) groups is 1. The smallest absolute Gasteiger partial charge is 0.368 e. The van der Waals surface area contributed by atoms with Gasteiger partial charge in [-0.1, -0.05) is 0 Å². The number of nitrogens with zero attached hydrogens (tertiary/aromatic N) is 2. The van der Waals surface area contributed by atoms with Crippen LogP contribution in [0.1, 0.15) is 12.8 Å². The van der Waals surface area contributed by atoms with Crippen molar-refractivity contribution in [3.05, 3.63) is 0 Å². The van der Waals surface area contributed by atoms with E-state index in [9.17, 15) is 18.0 Å². The second-order valence-electron chi connectivity index (χ2n) is 4.72. The molecule has 0 N–H and O–H groups in total. The molecule has 2 rings (SSSR count). The fraction of sp³-hybridized carbons (Fsp3) is 0.909. The maximum absolute atomic E-state index is 12.2. The Balaban J connectivity index is 1.77. The SMILES string of the molecule is O=C([C@H]1CCCO1)N1CCN(CC(F)(F)F)CC1. The quantitative estimate of drug-likeness (QED) is 0.743. The number of halogens is 3. The molecule has 2 saturated heterocycles. The van der Waals surface area contributed by atoms with E-state index in [2.05, 4.69) is 0 Å². The zero-order valence-electron chi connectivity index (χ0n) is 10.1. The topological polar surface area (TPSA) is 32.8 Å². The maximum atomic E-state index is 12.2. The molecular formula is C11H17F3N2O2. The van der Waals surface area contributed by atoms with Crippen LogP contribution in [0.4, 0.5) is 13.2 Å². The molecule has 1 amide bonds. The Bertz CT molecular complexity index is 295. The number of carbonyl (C=O) groups excluding carboxylic acids is 1. The Labute approximate surface area is 104 Å². The first kappa shape index (κ1) is 13.6. The van der Waals surface area contributed by atoms with Crippen molar-refractivity contribution in [2.45, 2.75) is 25.1 Å². The highest BCUT2D eigenvalue weighted by atomic mass is 19.4. The standard InChI is InChI=1S/C11H17F3N2O2/c12-11(13,14)8-15-3-5-16(6-4-15)10(17)9-2-1-7-18-9/h9H,1-8H2/t9-/m1/s1. The van der Waals surface area contributed by atoms with Crippen LogP contribution in [0.2, 0.25) is 0 Å². The molecule has 104 valence electrons. The highest BCUT2D eigenvalue weighted by Crippen LogP contribution is 2.19. The van der Waals surface area contributed by atoms with Crippen LogP contribution in [-0.4, -0.2) is 67.3 Å². The van der Waals surface area contributed by atoms with Gasteiger partial charge in [0, 0.05) is 32.8 Å². The van der Waals surface area contributed by atoms with E-state index in [4.69, 9.17) is 4.74 Å². The molecule has 2 aliphatic heterocycles. The predicted octanol–water partition coefficient (Wildman–Crippen LogP) is 0.872. The first-order chi connectivity index (χ1) is 8.46. The van der Waals surface area contributed by atoms with Crippen LogP contribution in [-0.2, 0) is 9.53 Å². The molecular weight excluding hydrogens is 249 g/mol. The summed E-state index contributed by atoms with van der Waals surface area (Å²) in [5.74, 6) is -0.0702. The van der Waals surface area contributed by atoms with Crippen molar-refractivity contribution in [1.82, 2.24) is 9.80 Å². The van der Waals surface area contributed by atoms with Gasteiger partial charge in [0.15, 0.2) is 0 Å². The van der Waals surface area contributed by atoms with E-state index in [1.165, 1.54) is 4.90 Å². The first-order valence-corrected chi connectivity index (χ1v) is 6.15. The zero-order chi connectivity index (χ0) is 13.2. The molecule has 0 aromatic carbocycles. The number of piperazine rings is 1. The van der Waals surface area contributed by atoms with Gasteiger partial charge in [-0.05, 0) is 12.8 Å². The molecule has 18 heavy (non-hydrogen) atoms. The molecule has 2 fully saturated rings. The van der Waals surface area contributed by atoms with E-state index in [1.54, 1.807) is 4.90 Å². The lowest BCUT2D eigenvalue weighted by atomic mass is 10.2. The van der Waals surface area contributed by atoms with Gasteiger partial charge in [-0.3, -0.25) is 9.69 Å². The van der Waals surface area contributed by atoms with Crippen molar-refractivity contribution in [3.8, 4) is 0 Å². The summed E-state index contributed by atoms with van der Waals surface area (Å²) in [7, 11) is 0. The van der Waals surface area contributed by atoms with Gasteiger partial charge < -0.3 is 9.64 Å². The molecule has 0 radical (unpaired) electrons. The molecule has 7 heteroatoms. The van der Waals surface area contributed by atoms with E-state index in [0.717, 1.165) is 12.8 Å². The number of amides is 1. The normalized spacial score (nSPS) is 26.6. The number of hydrogen-bond acceptors (Lipinski definition) is 3. The van der Waals surface area contributed by atoms with E-state index in [0.29, 0.717) is 19.7 Å². The predicted molar refractivity (Wildman–Crippen MR) is 58.0 cm³/mol. The second-order valence-corrected chi connectivity index (χ2v) is 4.72. The Morgan fingerprint density at radius 1 is 1.22 bits per heavy atom. The Hall–Kier alpha value is -0.820. The molecule has 0 bridgehead atoms. The van der Waals surface area contributed by atoms with Crippen molar-refractivity contribution in [2.75, 3.05) is 39.3 Å². The summed E-state index contributed by atoms with van der Waals surface area (Å²) < 4.78 is 41.9. The molecule has 1 atom stereocenters. The van der Waals surface area contributed by atoms with Gasteiger partial charge in [0.2, 0.25) is 0 Å². The largest absolute Gasteiger partial charge is 0.401 e. The number of alkyl halides is 3. The van der Waals surface area contributed by atoms with Crippen LogP contribution in [0.3, 0.4) is 0 Å². The highest BCUT2D eigenvalue weighted by Gasteiger charge is 2.34. The van der Waals surface area contributed by atoms with Gasteiger partial charge in [-0.15, -0.1) is 0 Å². The summed E-state index contributed by atoms with van der Waals surface area (Å²) in [6.07, 6.45) is -2.94. The lowest BCUT2D eigenvalue weighted by Gasteiger charge is -2.35. The summed E-state index contributed by atoms with van der Waals surface area (Å²) in [5, 5.41) is 0. The van der Waals surface area contributed by atoms with Crippen LogP contribution in [0.5, 0.6) is 0 Å². The molecule has 0 spiro atoms. The third-order valence-electron chi connectivity index (χ3n) is 3.29. The average Bonchev–Trinajstić information content (AvgIpc) is 2.80. The molecule has 0 aromatic rings. The summed E-state index contributed by atoms with van der Waals surface area (Å²) in [5.41, 5.74) is 0. The van der Waals surface area contributed by atoms with Gasteiger partial charge >= 0.3 is 6.18 Å². The Kier molecular flexibility index (Phi) is 4.11. The van der Waals surface area contributed by atoms with Gasteiger partial charge in [0.05, 0.1) is 6.54 Å². The first-order valence-electron chi connectivity index (χ1n) is 6.15. The van der Waals surface area contributed by atoms with Crippen molar-refractivity contribution < 1.29 is 22.7 Å². The van der Waals surface area contributed by atoms with Gasteiger partial charge in [0.25, 0.3) is 5.91 Å². The van der Waals surface area contributed by atoms with Gasteiger partial charge in [-0.25, -0.2) is 0 Å². The Morgan fingerprint density at radius 2 is 1.89 bits per heavy atom. The lowest BCUT2D eigenvalue weighted by molar-refractivity contribution is -0.154. The number of hydrogen-bond donors (Lipinski definition) is 0. The van der Waals surface area contributed by atoms with Crippen LogP contribution < -0.4 is 0 Å². The molecule has 2 aliphatic rings. The van der Waals surface area contributed by atoms with Gasteiger partial charge in [0.1, 0.15) is 6.10 Å². The van der Waals surface area contributed by atoms with Crippen LogP contribution in [0.15, 0.2) is 0 Å². The molecule has 0 saturated carbocycles. The lowest BCUT2D eigenvalue weighted by Crippen LogP contribution is -2.53. The van der Waals surface area contributed by atoms with E-state index in [1.807, 2.05) is 0 Å². The summed E-state index contributed by atoms with van der Waals surface area (Å²) in [6.45, 7) is 0.971. The minimum Gasteiger partial charge on any atom is -0.368 e. The van der Waals surface area contributed by atoms with Crippen molar-refractivity contribution in [2.24, 2.45) is 0 Å².